The Morgan fingerprint density at radius 2 is 2.05 bits per heavy atom. The van der Waals surface area contributed by atoms with Crippen LogP contribution in [0.1, 0.15) is 26.3 Å². The molecule has 0 radical (unpaired) electrons. The molecule has 112 valence electrons. The average molecular weight is 288 g/mol. The summed E-state index contributed by atoms with van der Waals surface area (Å²) in [6.07, 6.45) is 3.46. The molecular weight excluding hydrogens is 267 g/mol. The van der Waals surface area contributed by atoms with Crippen LogP contribution in [0.2, 0.25) is 0 Å². The fraction of sp³-hybridized carbons (Fsp3) is 0.353. The molecule has 0 saturated heterocycles. The van der Waals surface area contributed by atoms with Gasteiger partial charge >= 0.3 is 0 Å². The van der Waals surface area contributed by atoms with Crippen LogP contribution in [-0.4, -0.2) is 17.6 Å². The number of rotatable bonds is 6. The number of nitrogens with one attached hydrogen (secondary N) is 1. The SMILES string of the molecule is CCOc1cncc(-c2ccc(F)cc2CNC(C)C)c1. The molecule has 0 aliphatic heterocycles. The average Bonchev–Trinajstić information content (AvgIpc) is 2.46. The first-order valence-electron chi connectivity index (χ1n) is 7.20. The molecular formula is C17H21FN2O. The van der Waals surface area contributed by atoms with E-state index < -0.39 is 0 Å². The van der Waals surface area contributed by atoms with Crippen molar-refractivity contribution in [2.24, 2.45) is 0 Å². The van der Waals surface area contributed by atoms with E-state index in [1.54, 1.807) is 24.5 Å². The Balaban J connectivity index is 2.35. The molecule has 1 N–H and O–H groups in total. The summed E-state index contributed by atoms with van der Waals surface area (Å²) < 4.78 is 19.0. The second kappa shape index (κ2) is 7.18. The predicted octanol–water partition coefficient (Wildman–Crippen LogP) is 3.78. The zero-order chi connectivity index (χ0) is 15.2. The lowest BCUT2D eigenvalue weighted by molar-refractivity contribution is 0.339. The van der Waals surface area contributed by atoms with E-state index in [2.05, 4.69) is 24.1 Å². The Hall–Kier alpha value is -1.94. The van der Waals surface area contributed by atoms with Crippen molar-refractivity contribution in [1.82, 2.24) is 10.3 Å². The van der Waals surface area contributed by atoms with Crippen LogP contribution in [0.25, 0.3) is 11.1 Å². The van der Waals surface area contributed by atoms with Crippen LogP contribution in [0.5, 0.6) is 5.75 Å². The van der Waals surface area contributed by atoms with Gasteiger partial charge in [0.05, 0.1) is 12.8 Å². The molecule has 0 aliphatic rings. The van der Waals surface area contributed by atoms with Crippen LogP contribution in [0.3, 0.4) is 0 Å². The van der Waals surface area contributed by atoms with E-state index in [9.17, 15) is 4.39 Å². The first kappa shape index (κ1) is 15.4. The zero-order valence-corrected chi connectivity index (χ0v) is 12.7. The normalized spacial score (nSPS) is 10.9. The molecule has 0 aliphatic carbocycles. The van der Waals surface area contributed by atoms with Crippen LogP contribution in [0, 0.1) is 5.82 Å². The number of aromatic nitrogens is 1. The lowest BCUT2D eigenvalue weighted by Gasteiger charge is -2.13. The number of hydrogen-bond acceptors (Lipinski definition) is 3. The third-order valence-corrected chi connectivity index (χ3v) is 3.10. The molecule has 1 heterocycles. The zero-order valence-electron chi connectivity index (χ0n) is 12.7. The van der Waals surface area contributed by atoms with E-state index in [0.717, 1.165) is 22.4 Å². The Morgan fingerprint density at radius 3 is 2.76 bits per heavy atom. The van der Waals surface area contributed by atoms with Crippen molar-refractivity contribution >= 4 is 0 Å². The lowest BCUT2D eigenvalue weighted by Crippen LogP contribution is -2.22. The molecule has 0 spiro atoms. The fourth-order valence-corrected chi connectivity index (χ4v) is 2.12. The smallest absolute Gasteiger partial charge is 0.138 e. The van der Waals surface area contributed by atoms with Crippen LogP contribution in [0.4, 0.5) is 4.39 Å². The summed E-state index contributed by atoms with van der Waals surface area (Å²) in [4.78, 5) is 4.20. The number of benzene rings is 1. The molecule has 0 amide bonds. The monoisotopic (exact) mass is 288 g/mol. The number of hydrogen-bond donors (Lipinski definition) is 1. The number of ether oxygens (including phenoxy) is 1. The minimum absolute atomic E-state index is 0.228. The molecule has 0 bridgehead atoms. The van der Waals surface area contributed by atoms with Crippen LogP contribution in [0.15, 0.2) is 36.7 Å². The van der Waals surface area contributed by atoms with Crippen molar-refractivity contribution < 1.29 is 9.13 Å². The Labute approximate surface area is 125 Å². The highest BCUT2D eigenvalue weighted by Gasteiger charge is 2.09. The van der Waals surface area contributed by atoms with E-state index in [1.807, 2.05) is 13.0 Å². The fourth-order valence-electron chi connectivity index (χ4n) is 2.12. The van der Waals surface area contributed by atoms with Crippen molar-refractivity contribution in [2.45, 2.75) is 33.4 Å². The summed E-state index contributed by atoms with van der Waals surface area (Å²) in [5.41, 5.74) is 2.82. The highest BCUT2D eigenvalue weighted by Crippen LogP contribution is 2.27. The third-order valence-electron chi connectivity index (χ3n) is 3.10. The Kier molecular flexibility index (Phi) is 5.28. The molecule has 2 rings (SSSR count). The molecule has 0 fully saturated rings. The van der Waals surface area contributed by atoms with Crippen molar-refractivity contribution in [2.75, 3.05) is 6.61 Å². The molecule has 1 aromatic carbocycles. The van der Waals surface area contributed by atoms with Gasteiger partial charge in [-0.25, -0.2) is 4.39 Å². The van der Waals surface area contributed by atoms with Crippen LogP contribution >= 0.6 is 0 Å². The molecule has 2 aromatic rings. The number of nitrogens with zero attached hydrogens (tertiary/aromatic N) is 1. The van der Waals surface area contributed by atoms with Gasteiger partial charge in [-0.15, -0.1) is 0 Å². The lowest BCUT2D eigenvalue weighted by atomic mass is 10.0. The van der Waals surface area contributed by atoms with Crippen molar-refractivity contribution in [3.63, 3.8) is 0 Å². The highest BCUT2D eigenvalue weighted by molar-refractivity contribution is 5.67. The maximum atomic E-state index is 13.5. The topological polar surface area (TPSA) is 34.1 Å². The van der Waals surface area contributed by atoms with Crippen LogP contribution < -0.4 is 10.1 Å². The Bertz CT molecular complexity index is 599. The molecule has 0 unspecified atom stereocenters. The van der Waals surface area contributed by atoms with Gasteiger partial charge in [0.1, 0.15) is 11.6 Å². The summed E-state index contributed by atoms with van der Waals surface area (Å²) in [5.74, 6) is 0.496. The van der Waals surface area contributed by atoms with E-state index in [0.29, 0.717) is 19.2 Å². The summed E-state index contributed by atoms with van der Waals surface area (Å²) in [6, 6.07) is 7.11. The second-order valence-corrected chi connectivity index (χ2v) is 5.18. The van der Waals surface area contributed by atoms with Crippen molar-refractivity contribution in [3.8, 4) is 16.9 Å². The van der Waals surface area contributed by atoms with Gasteiger partial charge < -0.3 is 10.1 Å². The van der Waals surface area contributed by atoms with Gasteiger partial charge in [-0.1, -0.05) is 19.9 Å². The van der Waals surface area contributed by atoms with Crippen molar-refractivity contribution in [3.05, 3.63) is 48.0 Å². The molecule has 3 nitrogen and oxygen atoms in total. The van der Waals surface area contributed by atoms with Crippen molar-refractivity contribution in [1.29, 1.82) is 0 Å². The van der Waals surface area contributed by atoms with Gasteiger partial charge in [-0.3, -0.25) is 4.98 Å². The summed E-state index contributed by atoms with van der Waals surface area (Å²) in [5, 5.41) is 3.32. The summed E-state index contributed by atoms with van der Waals surface area (Å²) in [7, 11) is 0. The summed E-state index contributed by atoms with van der Waals surface area (Å²) in [6.45, 7) is 7.27. The number of pyridine rings is 1. The van der Waals surface area contributed by atoms with E-state index in [-0.39, 0.29) is 5.82 Å². The molecule has 4 heteroatoms. The molecule has 0 saturated carbocycles. The quantitative estimate of drug-likeness (QED) is 0.878. The van der Waals surface area contributed by atoms with E-state index in [1.165, 1.54) is 6.07 Å². The van der Waals surface area contributed by atoms with E-state index >= 15 is 0 Å². The second-order valence-electron chi connectivity index (χ2n) is 5.18. The van der Waals surface area contributed by atoms with Gasteiger partial charge in [-0.05, 0) is 36.2 Å². The Morgan fingerprint density at radius 1 is 1.24 bits per heavy atom. The van der Waals surface area contributed by atoms with Crippen LogP contribution in [-0.2, 0) is 6.54 Å². The largest absolute Gasteiger partial charge is 0.492 e. The molecule has 21 heavy (non-hydrogen) atoms. The molecule has 0 atom stereocenters. The van der Waals surface area contributed by atoms with E-state index in [4.69, 9.17) is 4.74 Å². The van der Waals surface area contributed by atoms with Gasteiger partial charge in [-0.2, -0.15) is 0 Å². The van der Waals surface area contributed by atoms with Gasteiger partial charge in [0, 0.05) is 24.3 Å². The minimum Gasteiger partial charge on any atom is -0.492 e. The highest BCUT2D eigenvalue weighted by atomic mass is 19.1. The first-order chi connectivity index (χ1) is 10.1. The minimum atomic E-state index is -0.228. The first-order valence-corrected chi connectivity index (χ1v) is 7.20. The maximum absolute atomic E-state index is 13.5. The summed E-state index contributed by atoms with van der Waals surface area (Å²) >= 11 is 0. The standard InChI is InChI=1S/C17H21FN2O/c1-4-21-16-8-14(9-19-11-16)17-6-5-15(18)7-13(17)10-20-12(2)3/h5-9,11-12,20H,4,10H2,1-3H3. The van der Waals surface area contributed by atoms with Gasteiger partial charge in [0.2, 0.25) is 0 Å². The van der Waals surface area contributed by atoms with Gasteiger partial charge in [0.25, 0.3) is 0 Å². The number of halogens is 1. The molecule has 1 aromatic heterocycles. The third kappa shape index (κ3) is 4.26. The maximum Gasteiger partial charge on any atom is 0.138 e. The van der Waals surface area contributed by atoms with Gasteiger partial charge in [0.15, 0.2) is 0 Å². The predicted molar refractivity (Wildman–Crippen MR) is 82.8 cm³/mol.